The number of benzene rings is 2. The highest BCUT2D eigenvalue weighted by Crippen LogP contribution is 2.24. The summed E-state index contributed by atoms with van der Waals surface area (Å²) < 4.78 is 11.4. The van der Waals surface area contributed by atoms with E-state index >= 15 is 0 Å². The molecule has 108 valence electrons. The van der Waals surface area contributed by atoms with Crippen LogP contribution in [0.2, 0.25) is 0 Å². The average molecular weight is 299 g/mol. The summed E-state index contributed by atoms with van der Waals surface area (Å²) in [5, 5.41) is 2.35. The molecule has 0 fully saturated rings. The lowest BCUT2D eigenvalue weighted by Crippen LogP contribution is -2.10. The topological polar surface area (TPSA) is 30.8 Å². The molecule has 0 aliphatic carbocycles. The zero-order valence-electron chi connectivity index (χ0n) is 12.1. The Morgan fingerprint density at radius 1 is 0.952 bits per heavy atom. The molecule has 3 nitrogen and oxygen atoms in total. The van der Waals surface area contributed by atoms with Crippen molar-refractivity contribution < 1.29 is 9.47 Å². The third-order valence-electron chi connectivity index (χ3n) is 3.04. The normalized spacial score (nSPS) is 9.81. The maximum Gasteiger partial charge on any atom is 0.124 e. The molecule has 0 unspecified atom stereocenters. The highest BCUT2D eigenvalue weighted by Gasteiger charge is 2.02. The highest BCUT2D eigenvalue weighted by atomic mass is 32.1. The van der Waals surface area contributed by atoms with Crippen molar-refractivity contribution in [2.24, 2.45) is 4.99 Å². The van der Waals surface area contributed by atoms with E-state index in [0.29, 0.717) is 13.2 Å². The number of isothiocyanates is 1. The summed E-state index contributed by atoms with van der Waals surface area (Å²) in [4.78, 5) is 3.95. The fourth-order valence-electron chi connectivity index (χ4n) is 1.89. The standard InChI is InChI=1S/C17H17NO2S/c1-13-5-3-4-6-16(13)19-9-10-20-17-11-15(18-12-21)8-7-14(17)2/h3-8,11H,9-10H2,1-2H3. The van der Waals surface area contributed by atoms with Crippen LogP contribution in [0.15, 0.2) is 47.5 Å². The van der Waals surface area contributed by atoms with Crippen LogP contribution in [0.25, 0.3) is 0 Å². The number of rotatable bonds is 6. The number of thiocarbonyl (C=S) groups is 1. The molecule has 2 aromatic carbocycles. The van der Waals surface area contributed by atoms with E-state index < -0.39 is 0 Å². The van der Waals surface area contributed by atoms with Crippen molar-refractivity contribution in [3.63, 3.8) is 0 Å². The number of hydrogen-bond acceptors (Lipinski definition) is 4. The van der Waals surface area contributed by atoms with Crippen molar-refractivity contribution in [3.8, 4) is 11.5 Å². The van der Waals surface area contributed by atoms with Gasteiger partial charge in [0.05, 0.1) is 10.8 Å². The van der Waals surface area contributed by atoms with Gasteiger partial charge >= 0.3 is 0 Å². The molecule has 0 saturated carbocycles. The highest BCUT2D eigenvalue weighted by molar-refractivity contribution is 7.78. The summed E-state index contributed by atoms with van der Waals surface area (Å²) in [7, 11) is 0. The van der Waals surface area contributed by atoms with E-state index in [2.05, 4.69) is 22.4 Å². The van der Waals surface area contributed by atoms with Gasteiger partial charge < -0.3 is 9.47 Å². The number of ether oxygens (including phenoxy) is 2. The lowest BCUT2D eigenvalue weighted by atomic mass is 10.2. The average Bonchev–Trinajstić information content (AvgIpc) is 2.48. The zero-order valence-corrected chi connectivity index (χ0v) is 12.9. The van der Waals surface area contributed by atoms with Gasteiger partial charge in [0, 0.05) is 6.07 Å². The maximum atomic E-state index is 5.74. The molecule has 21 heavy (non-hydrogen) atoms. The molecule has 0 bridgehead atoms. The van der Waals surface area contributed by atoms with Gasteiger partial charge in [0.15, 0.2) is 0 Å². The molecule has 0 radical (unpaired) electrons. The molecular formula is C17H17NO2S. The van der Waals surface area contributed by atoms with Crippen LogP contribution in [0, 0.1) is 13.8 Å². The van der Waals surface area contributed by atoms with Crippen molar-refractivity contribution in [3.05, 3.63) is 53.6 Å². The Labute approximate surface area is 130 Å². The molecule has 0 spiro atoms. The smallest absolute Gasteiger partial charge is 0.124 e. The van der Waals surface area contributed by atoms with Crippen molar-refractivity contribution >= 4 is 23.1 Å². The van der Waals surface area contributed by atoms with Crippen molar-refractivity contribution in [2.45, 2.75) is 13.8 Å². The van der Waals surface area contributed by atoms with Crippen molar-refractivity contribution in [1.29, 1.82) is 0 Å². The van der Waals surface area contributed by atoms with E-state index in [1.807, 2.05) is 56.3 Å². The summed E-state index contributed by atoms with van der Waals surface area (Å²) in [6, 6.07) is 13.6. The third kappa shape index (κ3) is 4.42. The van der Waals surface area contributed by atoms with Crippen molar-refractivity contribution in [2.75, 3.05) is 13.2 Å². The van der Waals surface area contributed by atoms with Gasteiger partial charge in [0.2, 0.25) is 0 Å². The van der Waals surface area contributed by atoms with Crippen LogP contribution < -0.4 is 9.47 Å². The fourth-order valence-corrected chi connectivity index (χ4v) is 1.99. The quantitative estimate of drug-likeness (QED) is 0.447. The zero-order chi connectivity index (χ0) is 15.1. The molecular weight excluding hydrogens is 282 g/mol. The van der Waals surface area contributed by atoms with Crippen LogP contribution in [-0.4, -0.2) is 18.4 Å². The van der Waals surface area contributed by atoms with E-state index in [9.17, 15) is 0 Å². The molecule has 0 aromatic heterocycles. The van der Waals surface area contributed by atoms with E-state index in [-0.39, 0.29) is 0 Å². The fraction of sp³-hybridized carbons (Fsp3) is 0.235. The lowest BCUT2D eigenvalue weighted by molar-refractivity contribution is 0.215. The van der Waals surface area contributed by atoms with Gasteiger partial charge in [-0.25, -0.2) is 0 Å². The van der Waals surface area contributed by atoms with E-state index in [1.165, 1.54) is 0 Å². The monoisotopic (exact) mass is 299 g/mol. The number of nitrogens with zero attached hydrogens (tertiary/aromatic N) is 1. The number of para-hydroxylation sites is 1. The molecule has 0 heterocycles. The second kappa shape index (κ2) is 7.58. The van der Waals surface area contributed by atoms with Gasteiger partial charge in [-0.1, -0.05) is 24.3 Å². The summed E-state index contributed by atoms with van der Waals surface area (Å²) in [6.07, 6.45) is 0. The summed E-state index contributed by atoms with van der Waals surface area (Å²) in [5.74, 6) is 1.67. The van der Waals surface area contributed by atoms with Gasteiger partial charge in [-0.2, -0.15) is 4.99 Å². The van der Waals surface area contributed by atoms with Crippen LogP contribution in [-0.2, 0) is 0 Å². The van der Waals surface area contributed by atoms with Gasteiger partial charge in [-0.3, -0.25) is 0 Å². The van der Waals surface area contributed by atoms with Gasteiger partial charge in [-0.05, 0) is 49.3 Å². The van der Waals surface area contributed by atoms with Crippen LogP contribution in [0.5, 0.6) is 11.5 Å². The van der Waals surface area contributed by atoms with Crippen LogP contribution >= 0.6 is 12.2 Å². The number of aryl methyl sites for hydroxylation is 2. The first-order valence-corrected chi connectivity index (χ1v) is 7.11. The number of aliphatic imine (C=N–C) groups is 1. The minimum atomic E-state index is 0.472. The molecule has 0 aliphatic rings. The Hall–Kier alpha value is -2.16. The Balaban J connectivity index is 1.90. The summed E-state index contributed by atoms with van der Waals surface area (Å²) >= 11 is 4.61. The van der Waals surface area contributed by atoms with Crippen LogP contribution in [0.3, 0.4) is 0 Å². The van der Waals surface area contributed by atoms with E-state index in [4.69, 9.17) is 9.47 Å². The van der Waals surface area contributed by atoms with Crippen LogP contribution in [0.1, 0.15) is 11.1 Å². The molecule has 0 aliphatic heterocycles. The molecule has 0 atom stereocenters. The third-order valence-corrected chi connectivity index (χ3v) is 3.13. The van der Waals surface area contributed by atoms with Gasteiger partial charge in [-0.15, -0.1) is 0 Å². The summed E-state index contributed by atoms with van der Waals surface area (Å²) in [6.45, 7) is 4.97. The Morgan fingerprint density at radius 2 is 1.62 bits per heavy atom. The van der Waals surface area contributed by atoms with E-state index in [0.717, 1.165) is 28.3 Å². The first kappa shape index (κ1) is 15.2. The Kier molecular flexibility index (Phi) is 5.50. The van der Waals surface area contributed by atoms with Crippen LogP contribution in [0.4, 0.5) is 5.69 Å². The molecule has 2 aromatic rings. The maximum absolute atomic E-state index is 5.74. The minimum absolute atomic E-state index is 0.472. The predicted octanol–water partition coefficient (Wildman–Crippen LogP) is 4.50. The first-order valence-electron chi connectivity index (χ1n) is 6.70. The second-order valence-corrected chi connectivity index (χ2v) is 4.80. The van der Waals surface area contributed by atoms with Gasteiger partial charge in [0.25, 0.3) is 0 Å². The molecule has 4 heteroatoms. The molecule has 2 rings (SSSR count). The molecule has 0 amide bonds. The number of hydrogen-bond donors (Lipinski definition) is 0. The summed E-state index contributed by atoms with van der Waals surface area (Å²) in [5.41, 5.74) is 2.91. The Bertz CT molecular complexity index is 664. The molecule has 0 N–H and O–H groups in total. The first-order chi connectivity index (χ1) is 10.2. The lowest BCUT2D eigenvalue weighted by Gasteiger charge is -2.11. The molecule has 0 saturated heterocycles. The largest absolute Gasteiger partial charge is 0.490 e. The predicted molar refractivity (Wildman–Crippen MR) is 88.0 cm³/mol. The Morgan fingerprint density at radius 3 is 2.33 bits per heavy atom. The SMILES string of the molecule is Cc1ccccc1OCCOc1cc(N=C=S)ccc1C. The van der Waals surface area contributed by atoms with Gasteiger partial charge in [0.1, 0.15) is 24.7 Å². The van der Waals surface area contributed by atoms with E-state index in [1.54, 1.807) is 0 Å². The second-order valence-electron chi connectivity index (χ2n) is 4.62. The van der Waals surface area contributed by atoms with Crippen molar-refractivity contribution in [1.82, 2.24) is 0 Å². The minimum Gasteiger partial charge on any atom is -0.490 e.